The van der Waals surface area contributed by atoms with E-state index in [9.17, 15) is 0 Å². The van der Waals surface area contributed by atoms with Gasteiger partial charge in [0, 0.05) is 41.1 Å². The van der Waals surface area contributed by atoms with Crippen molar-refractivity contribution >= 4 is 11.3 Å². The molecule has 0 spiro atoms. The molecule has 3 heterocycles. The summed E-state index contributed by atoms with van der Waals surface area (Å²) in [5.74, 6) is 0. The van der Waals surface area contributed by atoms with Gasteiger partial charge in [0.15, 0.2) is 0 Å². The third kappa shape index (κ3) is 2.71. The zero-order valence-electron chi connectivity index (χ0n) is 11.6. The van der Waals surface area contributed by atoms with Gasteiger partial charge in [-0.1, -0.05) is 0 Å². The van der Waals surface area contributed by atoms with Gasteiger partial charge in [-0.3, -0.25) is 9.97 Å². The quantitative estimate of drug-likeness (QED) is 0.722. The van der Waals surface area contributed by atoms with Gasteiger partial charge in [-0.25, -0.2) is 5.48 Å². The van der Waals surface area contributed by atoms with Gasteiger partial charge in [0.1, 0.15) is 0 Å². The van der Waals surface area contributed by atoms with Crippen LogP contribution in [0.5, 0.6) is 0 Å². The summed E-state index contributed by atoms with van der Waals surface area (Å²) in [6.45, 7) is 2.51. The SMILES string of the molecule is Cc1c(-c2ccncc2)sc(-c2ccncc2)c1CNO. The Morgan fingerprint density at radius 2 is 1.48 bits per heavy atom. The monoisotopic (exact) mass is 297 g/mol. The Morgan fingerprint density at radius 3 is 2.00 bits per heavy atom. The van der Waals surface area contributed by atoms with Crippen LogP contribution in [0.25, 0.3) is 20.9 Å². The number of pyridine rings is 2. The van der Waals surface area contributed by atoms with Gasteiger partial charge >= 0.3 is 0 Å². The molecule has 4 nitrogen and oxygen atoms in total. The minimum absolute atomic E-state index is 0.422. The Labute approximate surface area is 127 Å². The molecular formula is C16H15N3OS. The second-order valence-electron chi connectivity index (χ2n) is 4.67. The van der Waals surface area contributed by atoms with E-state index < -0.39 is 0 Å². The second-order valence-corrected chi connectivity index (χ2v) is 5.69. The molecule has 0 aliphatic heterocycles. The van der Waals surface area contributed by atoms with Crippen LogP contribution in [0.3, 0.4) is 0 Å². The number of rotatable bonds is 4. The Bertz CT molecular complexity index is 726. The molecule has 0 unspecified atom stereocenters. The van der Waals surface area contributed by atoms with Crippen molar-refractivity contribution in [2.24, 2.45) is 0 Å². The molecule has 0 radical (unpaired) electrons. The van der Waals surface area contributed by atoms with Crippen molar-refractivity contribution in [2.45, 2.75) is 13.5 Å². The molecule has 3 rings (SSSR count). The van der Waals surface area contributed by atoms with Crippen molar-refractivity contribution in [3.8, 4) is 20.9 Å². The molecule has 0 aliphatic rings. The third-order valence-electron chi connectivity index (χ3n) is 3.41. The molecule has 0 amide bonds. The molecule has 0 atom stereocenters. The molecule has 0 aromatic carbocycles. The van der Waals surface area contributed by atoms with Crippen LogP contribution >= 0.6 is 11.3 Å². The molecule has 5 heteroatoms. The van der Waals surface area contributed by atoms with Crippen LogP contribution in [0.1, 0.15) is 11.1 Å². The van der Waals surface area contributed by atoms with E-state index in [4.69, 9.17) is 5.21 Å². The van der Waals surface area contributed by atoms with Crippen LogP contribution in [0.15, 0.2) is 49.1 Å². The van der Waals surface area contributed by atoms with Crippen molar-refractivity contribution in [1.29, 1.82) is 0 Å². The van der Waals surface area contributed by atoms with E-state index >= 15 is 0 Å². The highest BCUT2D eigenvalue weighted by Gasteiger charge is 2.17. The lowest BCUT2D eigenvalue weighted by Gasteiger charge is -2.04. The Balaban J connectivity index is 2.16. The molecule has 2 N–H and O–H groups in total. The predicted molar refractivity (Wildman–Crippen MR) is 84.1 cm³/mol. The van der Waals surface area contributed by atoms with Crippen LogP contribution in [0.4, 0.5) is 0 Å². The molecule has 3 aromatic heterocycles. The van der Waals surface area contributed by atoms with Crippen LogP contribution in [-0.4, -0.2) is 15.2 Å². The standard InChI is InChI=1S/C16H15N3OS/c1-11-14(10-19-20)16(13-4-8-18-9-5-13)21-15(11)12-2-6-17-7-3-12/h2-9,19-20H,10H2,1H3. The minimum Gasteiger partial charge on any atom is -0.316 e. The van der Waals surface area contributed by atoms with Gasteiger partial charge in [-0.05, 0) is 53.4 Å². The van der Waals surface area contributed by atoms with Gasteiger partial charge < -0.3 is 5.21 Å². The number of thiophene rings is 1. The maximum atomic E-state index is 9.13. The maximum absolute atomic E-state index is 9.13. The minimum atomic E-state index is 0.422. The molecule has 0 aliphatic carbocycles. The fraction of sp³-hybridized carbons (Fsp3) is 0.125. The normalized spacial score (nSPS) is 10.8. The summed E-state index contributed by atoms with van der Waals surface area (Å²) in [5.41, 5.74) is 6.83. The predicted octanol–water partition coefficient (Wildman–Crippen LogP) is 3.66. The summed E-state index contributed by atoms with van der Waals surface area (Å²) in [6, 6.07) is 7.99. The first-order valence-corrected chi connectivity index (χ1v) is 7.43. The average Bonchev–Trinajstić information content (AvgIpc) is 2.87. The first-order chi connectivity index (χ1) is 10.3. The van der Waals surface area contributed by atoms with Gasteiger partial charge in [0.05, 0.1) is 0 Å². The average molecular weight is 297 g/mol. The topological polar surface area (TPSA) is 58.0 Å². The highest BCUT2D eigenvalue weighted by atomic mass is 32.1. The highest BCUT2D eigenvalue weighted by Crippen LogP contribution is 2.41. The van der Waals surface area contributed by atoms with Crippen LogP contribution in [0, 0.1) is 6.92 Å². The lowest BCUT2D eigenvalue weighted by atomic mass is 10.0. The van der Waals surface area contributed by atoms with E-state index in [2.05, 4.69) is 22.4 Å². The first-order valence-electron chi connectivity index (χ1n) is 6.61. The van der Waals surface area contributed by atoms with E-state index in [1.54, 1.807) is 36.1 Å². The number of hydrogen-bond donors (Lipinski definition) is 2. The van der Waals surface area contributed by atoms with E-state index in [-0.39, 0.29) is 0 Å². The van der Waals surface area contributed by atoms with Crippen molar-refractivity contribution < 1.29 is 5.21 Å². The van der Waals surface area contributed by atoms with Crippen LogP contribution in [0.2, 0.25) is 0 Å². The molecule has 0 saturated carbocycles. The number of hydrogen-bond acceptors (Lipinski definition) is 5. The third-order valence-corrected chi connectivity index (χ3v) is 4.84. The van der Waals surface area contributed by atoms with E-state index in [1.165, 1.54) is 10.4 Å². The van der Waals surface area contributed by atoms with E-state index in [1.807, 2.05) is 24.3 Å². The van der Waals surface area contributed by atoms with Crippen LogP contribution in [-0.2, 0) is 6.54 Å². The summed E-state index contributed by atoms with van der Waals surface area (Å²) in [5, 5.41) is 9.13. The smallest absolute Gasteiger partial charge is 0.0475 e. The van der Waals surface area contributed by atoms with Crippen molar-refractivity contribution in [2.75, 3.05) is 0 Å². The van der Waals surface area contributed by atoms with Gasteiger partial charge in [0.25, 0.3) is 0 Å². The molecule has 0 fully saturated rings. The molecule has 0 saturated heterocycles. The summed E-state index contributed by atoms with van der Waals surface area (Å²) < 4.78 is 0. The number of aromatic nitrogens is 2. The van der Waals surface area contributed by atoms with E-state index in [0.29, 0.717) is 6.54 Å². The first kappa shape index (κ1) is 13.9. The van der Waals surface area contributed by atoms with Gasteiger partial charge in [-0.2, -0.15) is 0 Å². The summed E-state index contributed by atoms with van der Waals surface area (Å²) in [6.07, 6.45) is 7.16. The molecule has 3 aromatic rings. The number of hydroxylamine groups is 1. The zero-order chi connectivity index (χ0) is 14.7. The van der Waals surface area contributed by atoms with Crippen molar-refractivity contribution in [3.05, 3.63) is 60.2 Å². The van der Waals surface area contributed by atoms with Gasteiger partial charge in [0.2, 0.25) is 0 Å². The molecule has 0 bridgehead atoms. The Hall–Kier alpha value is -2.08. The number of nitrogens with one attached hydrogen (secondary N) is 1. The second kappa shape index (κ2) is 6.13. The Morgan fingerprint density at radius 1 is 0.952 bits per heavy atom. The molecule has 106 valence electrons. The highest BCUT2D eigenvalue weighted by molar-refractivity contribution is 7.19. The molecular weight excluding hydrogens is 282 g/mol. The largest absolute Gasteiger partial charge is 0.316 e. The fourth-order valence-electron chi connectivity index (χ4n) is 2.35. The number of nitrogens with zero attached hydrogens (tertiary/aromatic N) is 2. The van der Waals surface area contributed by atoms with Crippen molar-refractivity contribution in [3.63, 3.8) is 0 Å². The maximum Gasteiger partial charge on any atom is 0.0475 e. The summed E-state index contributed by atoms with van der Waals surface area (Å²) >= 11 is 1.73. The summed E-state index contributed by atoms with van der Waals surface area (Å²) in [7, 11) is 0. The van der Waals surface area contributed by atoms with Crippen molar-refractivity contribution in [1.82, 2.24) is 15.4 Å². The van der Waals surface area contributed by atoms with E-state index in [0.717, 1.165) is 21.6 Å². The lowest BCUT2D eigenvalue weighted by molar-refractivity contribution is 0.161. The molecule has 21 heavy (non-hydrogen) atoms. The fourth-order valence-corrected chi connectivity index (χ4v) is 3.69. The van der Waals surface area contributed by atoms with Crippen LogP contribution < -0.4 is 5.48 Å². The van der Waals surface area contributed by atoms with Gasteiger partial charge in [-0.15, -0.1) is 11.3 Å². The lowest BCUT2D eigenvalue weighted by Crippen LogP contribution is -2.07. The zero-order valence-corrected chi connectivity index (χ0v) is 12.4. The summed E-state index contributed by atoms with van der Waals surface area (Å²) in [4.78, 5) is 10.5. The Kier molecular flexibility index (Phi) is 4.06.